The fourth-order valence-electron chi connectivity index (χ4n) is 1.38. The Morgan fingerprint density at radius 3 is 2.63 bits per heavy atom. The first-order chi connectivity index (χ1) is 9.08. The maximum atomic E-state index is 11.4. The Morgan fingerprint density at radius 1 is 1.32 bits per heavy atom. The molecule has 0 unspecified atom stereocenters. The first-order valence-electron chi connectivity index (χ1n) is 5.89. The molecule has 19 heavy (non-hydrogen) atoms. The number of benzene rings is 1. The van der Waals surface area contributed by atoms with Crippen LogP contribution in [0.2, 0.25) is 0 Å². The molecule has 1 aromatic rings. The monoisotopic (exact) mass is 267 g/mol. The minimum Gasteiger partial charge on any atom is -0.493 e. The summed E-state index contributed by atoms with van der Waals surface area (Å²) < 4.78 is 10.3. The predicted molar refractivity (Wildman–Crippen MR) is 68.7 cm³/mol. The van der Waals surface area contributed by atoms with Crippen molar-refractivity contribution in [1.29, 1.82) is 0 Å². The molecular weight excluding hydrogens is 250 g/mol. The number of hydrogen-bond donors (Lipinski definition) is 2. The Kier molecular flexibility index (Phi) is 5.66. The van der Waals surface area contributed by atoms with E-state index in [4.69, 9.17) is 14.6 Å². The number of nitrogens with one attached hydrogen (secondary N) is 1. The summed E-state index contributed by atoms with van der Waals surface area (Å²) in [6.45, 7) is 2.34. The second-order valence-corrected chi connectivity index (χ2v) is 3.81. The molecule has 1 amide bonds. The normalized spacial score (nSPS) is 9.79. The summed E-state index contributed by atoms with van der Waals surface area (Å²) in [6.07, 6.45) is 0.837. The van der Waals surface area contributed by atoms with Gasteiger partial charge in [-0.1, -0.05) is 6.92 Å². The van der Waals surface area contributed by atoms with E-state index in [9.17, 15) is 9.59 Å². The zero-order valence-electron chi connectivity index (χ0n) is 10.9. The minimum absolute atomic E-state index is 0.0739. The lowest BCUT2D eigenvalue weighted by Crippen LogP contribution is -2.29. The van der Waals surface area contributed by atoms with Gasteiger partial charge >= 0.3 is 5.97 Å². The Bertz CT molecular complexity index is 458. The number of ether oxygens (including phenoxy) is 2. The minimum atomic E-state index is -1.07. The smallest absolute Gasteiger partial charge is 0.335 e. The van der Waals surface area contributed by atoms with E-state index in [2.05, 4.69) is 5.32 Å². The molecule has 0 aliphatic heterocycles. The SMILES string of the molecule is CCCNC(=O)COc1cc(C(=O)O)ccc1OC. The Balaban J connectivity index is 2.72. The molecule has 2 N–H and O–H groups in total. The fraction of sp³-hybridized carbons (Fsp3) is 0.385. The molecule has 0 radical (unpaired) electrons. The summed E-state index contributed by atoms with van der Waals surface area (Å²) in [4.78, 5) is 22.3. The molecule has 1 rings (SSSR count). The van der Waals surface area contributed by atoms with Crippen molar-refractivity contribution in [3.05, 3.63) is 23.8 Å². The molecule has 1 aromatic carbocycles. The number of carbonyl (C=O) groups is 2. The van der Waals surface area contributed by atoms with E-state index < -0.39 is 5.97 Å². The summed E-state index contributed by atoms with van der Waals surface area (Å²) in [5, 5.41) is 11.5. The topological polar surface area (TPSA) is 84.9 Å². The van der Waals surface area contributed by atoms with Crippen molar-refractivity contribution in [1.82, 2.24) is 5.32 Å². The third-order valence-electron chi connectivity index (χ3n) is 2.34. The molecule has 0 fully saturated rings. The number of carboxylic acids is 1. The quantitative estimate of drug-likeness (QED) is 0.777. The van der Waals surface area contributed by atoms with E-state index in [1.807, 2.05) is 6.92 Å². The molecule has 0 atom stereocenters. The first-order valence-corrected chi connectivity index (χ1v) is 5.89. The van der Waals surface area contributed by atoms with E-state index in [1.165, 1.54) is 25.3 Å². The molecule has 0 saturated carbocycles. The van der Waals surface area contributed by atoms with Crippen LogP contribution in [0.4, 0.5) is 0 Å². The highest BCUT2D eigenvalue weighted by molar-refractivity contribution is 5.88. The number of amides is 1. The molecule has 0 bridgehead atoms. The molecule has 0 spiro atoms. The summed E-state index contributed by atoms with van der Waals surface area (Å²) in [5.74, 6) is -0.713. The zero-order chi connectivity index (χ0) is 14.3. The Labute approximate surface area is 111 Å². The first kappa shape index (κ1) is 14.8. The largest absolute Gasteiger partial charge is 0.493 e. The van der Waals surface area contributed by atoms with Crippen LogP contribution >= 0.6 is 0 Å². The van der Waals surface area contributed by atoms with Gasteiger partial charge in [-0.2, -0.15) is 0 Å². The third-order valence-corrected chi connectivity index (χ3v) is 2.34. The van der Waals surface area contributed by atoms with Gasteiger partial charge < -0.3 is 19.9 Å². The summed E-state index contributed by atoms with van der Waals surface area (Å²) in [6, 6.07) is 4.22. The second kappa shape index (κ2) is 7.25. The average Bonchev–Trinajstić information content (AvgIpc) is 2.42. The van der Waals surface area contributed by atoms with Gasteiger partial charge in [-0.15, -0.1) is 0 Å². The number of methoxy groups -OCH3 is 1. The van der Waals surface area contributed by atoms with Crippen LogP contribution in [0.25, 0.3) is 0 Å². The highest BCUT2D eigenvalue weighted by atomic mass is 16.5. The predicted octanol–water partition coefficient (Wildman–Crippen LogP) is 1.30. The highest BCUT2D eigenvalue weighted by Gasteiger charge is 2.11. The van der Waals surface area contributed by atoms with Gasteiger partial charge in [0.1, 0.15) is 0 Å². The second-order valence-electron chi connectivity index (χ2n) is 3.81. The van der Waals surface area contributed by atoms with Crippen LogP contribution < -0.4 is 14.8 Å². The molecule has 0 heterocycles. The maximum absolute atomic E-state index is 11.4. The van der Waals surface area contributed by atoms with Crippen LogP contribution in [-0.2, 0) is 4.79 Å². The lowest BCUT2D eigenvalue weighted by atomic mass is 10.2. The van der Waals surface area contributed by atoms with E-state index in [0.717, 1.165) is 6.42 Å². The Hall–Kier alpha value is -2.24. The Morgan fingerprint density at radius 2 is 2.05 bits per heavy atom. The lowest BCUT2D eigenvalue weighted by Gasteiger charge is -2.11. The number of aromatic carboxylic acids is 1. The van der Waals surface area contributed by atoms with E-state index in [1.54, 1.807) is 0 Å². The van der Waals surface area contributed by atoms with Crippen LogP contribution in [0.3, 0.4) is 0 Å². The molecule has 0 aliphatic carbocycles. The van der Waals surface area contributed by atoms with Crippen molar-refractivity contribution in [3.8, 4) is 11.5 Å². The van der Waals surface area contributed by atoms with Gasteiger partial charge in [0.05, 0.1) is 12.7 Å². The zero-order valence-corrected chi connectivity index (χ0v) is 10.9. The molecule has 6 heteroatoms. The number of hydrogen-bond acceptors (Lipinski definition) is 4. The number of carbonyl (C=O) groups excluding carboxylic acids is 1. The third kappa shape index (κ3) is 4.50. The van der Waals surface area contributed by atoms with Gasteiger partial charge in [0.25, 0.3) is 5.91 Å². The molecule has 0 aromatic heterocycles. The van der Waals surface area contributed by atoms with Crippen molar-refractivity contribution in [3.63, 3.8) is 0 Å². The lowest BCUT2D eigenvalue weighted by molar-refractivity contribution is -0.123. The molecule has 104 valence electrons. The number of rotatable bonds is 7. The molecular formula is C13H17NO5. The molecule has 0 saturated heterocycles. The van der Waals surface area contributed by atoms with Crippen molar-refractivity contribution in [2.75, 3.05) is 20.3 Å². The van der Waals surface area contributed by atoms with Crippen LogP contribution in [0.15, 0.2) is 18.2 Å². The van der Waals surface area contributed by atoms with E-state index in [-0.39, 0.29) is 23.8 Å². The van der Waals surface area contributed by atoms with Gasteiger partial charge in [0.2, 0.25) is 0 Å². The van der Waals surface area contributed by atoms with E-state index in [0.29, 0.717) is 12.3 Å². The van der Waals surface area contributed by atoms with Gasteiger partial charge in [0, 0.05) is 6.54 Å². The van der Waals surface area contributed by atoms with Crippen LogP contribution in [0.1, 0.15) is 23.7 Å². The van der Waals surface area contributed by atoms with Crippen LogP contribution in [0, 0.1) is 0 Å². The van der Waals surface area contributed by atoms with Crippen LogP contribution in [-0.4, -0.2) is 37.2 Å². The van der Waals surface area contributed by atoms with Gasteiger partial charge in [-0.25, -0.2) is 4.79 Å². The summed E-state index contributed by atoms with van der Waals surface area (Å²) in [7, 11) is 1.44. The van der Waals surface area contributed by atoms with Crippen molar-refractivity contribution in [2.45, 2.75) is 13.3 Å². The molecule has 0 aliphatic rings. The standard InChI is InChI=1S/C13H17NO5/c1-3-6-14-12(15)8-19-11-7-9(13(16)17)4-5-10(11)18-2/h4-5,7H,3,6,8H2,1-2H3,(H,14,15)(H,16,17). The van der Waals surface area contributed by atoms with Gasteiger partial charge in [0.15, 0.2) is 18.1 Å². The van der Waals surface area contributed by atoms with Crippen LogP contribution in [0.5, 0.6) is 11.5 Å². The van der Waals surface area contributed by atoms with Crippen molar-refractivity contribution in [2.24, 2.45) is 0 Å². The van der Waals surface area contributed by atoms with Crippen molar-refractivity contribution < 1.29 is 24.2 Å². The van der Waals surface area contributed by atoms with E-state index >= 15 is 0 Å². The fourth-order valence-corrected chi connectivity index (χ4v) is 1.38. The summed E-state index contributed by atoms with van der Waals surface area (Å²) in [5.41, 5.74) is 0.0739. The summed E-state index contributed by atoms with van der Waals surface area (Å²) >= 11 is 0. The van der Waals surface area contributed by atoms with Gasteiger partial charge in [-0.05, 0) is 24.6 Å². The number of carboxylic acid groups (broad SMARTS) is 1. The average molecular weight is 267 g/mol. The highest BCUT2D eigenvalue weighted by Crippen LogP contribution is 2.27. The molecule has 6 nitrogen and oxygen atoms in total. The van der Waals surface area contributed by atoms with Gasteiger partial charge in [-0.3, -0.25) is 4.79 Å². The van der Waals surface area contributed by atoms with Crippen molar-refractivity contribution >= 4 is 11.9 Å². The maximum Gasteiger partial charge on any atom is 0.335 e.